The van der Waals surface area contributed by atoms with Gasteiger partial charge in [-0.25, -0.2) is 4.79 Å². The smallest absolute Gasteiger partial charge is 0.316 e. The molecule has 0 aromatic heterocycles. The second-order valence-electron chi connectivity index (χ2n) is 5.45. The standard InChI is InChI=1S/C17H19N5O4/c18-17(24)21-14-5-3-13(4-6-14)20-16(23)2-1-11-19-12-7-9-15(10-8-12)22(25)26/h3-10,19H,1-2,11H2,(H,20,23)(H3,18,21,24). The highest BCUT2D eigenvalue weighted by molar-refractivity contribution is 5.92. The topological polar surface area (TPSA) is 139 Å². The Kier molecular flexibility index (Phi) is 6.49. The molecule has 0 aliphatic heterocycles. The second kappa shape index (κ2) is 9.02. The minimum atomic E-state index is -0.651. The molecular weight excluding hydrogens is 338 g/mol. The highest BCUT2D eigenvalue weighted by atomic mass is 16.6. The quantitative estimate of drug-likeness (QED) is 0.327. The highest BCUT2D eigenvalue weighted by Crippen LogP contribution is 2.16. The van der Waals surface area contributed by atoms with E-state index >= 15 is 0 Å². The minimum Gasteiger partial charge on any atom is -0.385 e. The summed E-state index contributed by atoms with van der Waals surface area (Å²) in [7, 11) is 0. The Morgan fingerprint density at radius 1 is 0.923 bits per heavy atom. The van der Waals surface area contributed by atoms with Crippen molar-refractivity contribution >= 4 is 34.7 Å². The molecule has 0 heterocycles. The number of carbonyl (C=O) groups is 2. The molecule has 2 aromatic rings. The molecule has 0 atom stereocenters. The SMILES string of the molecule is NC(=O)Nc1ccc(NC(=O)CCCNc2ccc([N+](=O)[O-])cc2)cc1. The molecule has 2 aromatic carbocycles. The number of nitro groups is 1. The monoisotopic (exact) mass is 357 g/mol. The first-order chi connectivity index (χ1) is 12.4. The zero-order valence-corrected chi connectivity index (χ0v) is 13.9. The number of rotatable bonds is 8. The summed E-state index contributed by atoms with van der Waals surface area (Å²) in [4.78, 5) is 32.8. The molecule has 0 fully saturated rings. The van der Waals surface area contributed by atoms with Crippen LogP contribution in [-0.2, 0) is 4.79 Å². The van der Waals surface area contributed by atoms with Crippen LogP contribution in [0, 0.1) is 10.1 Å². The lowest BCUT2D eigenvalue weighted by molar-refractivity contribution is -0.384. The molecular formula is C17H19N5O4. The van der Waals surface area contributed by atoms with Crippen molar-refractivity contribution in [1.82, 2.24) is 0 Å². The molecule has 9 nitrogen and oxygen atoms in total. The van der Waals surface area contributed by atoms with Crippen LogP contribution in [0.15, 0.2) is 48.5 Å². The largest absolute Gasteiger partial charge is 0.385 e. The van der Waals surface area contributed by atoms with Crippen LogP contribution in [0.5, 0.6) is 0 Å². The first kappa shape index (κ1) is 18.7. The van der Waals surface area contributed by atoms with Gasteiger partial charge in [-0.1, -0.05) is 0 Å². The summed E-state index contributed by atoms with van der Waals surface area (Å²) >= 11 is 0. The highest BCUT2D eigenvalue weighted by Gasteiger charge is 2.05. The number of urea groups is 1. The third kappa shape index (κ3) is 6.11. The lowest BCUT2D eigenvalue weighted by Crippen LogP contribution is -2.19. The molecule has 0 radical (unpaired) electrons. The Bertz CT molecular complexity index is 775. The third-order valence-electron chi connectivity index (χ3n) is 3.42. The number of nitrogens with one attached hydrogen (secondary N) is 3. The first-order valence-corrected chi connectivity index (χ1v) is 7.89. The number of nitro benzene ring substituents is 1. The van der Waals surface area contributed by atoms with Gasteiger partial charge >= 0.3 is 6.03 Å². The molecule has 0 aliphatic carbocycles. The van der Waals surface area contributed by atoms with Crippen molar-refractivity contribution in [3.05, 3.63) is 58.6 Å². The van der Waals surface area contributed by atoms with Gasteiger partial charge in [0, 0.05) is 42.2 Å². The lowest BCUT2D eigenvalue weighted by Gasteiger charge is -2.08. The van der Waals surface area contributed by atoms with Crippen molar-refractivity contribution in [2.45, 2.75) is 12.8 Å². The molecule has 3 amide bonds. The van der Waals surface area contributed by atoms with E-state index in [-0.39, 0.29) is 11.6 Å². The molecule has 0 aliphatic rings. The molecule has 0 saturated carbocycles. The van der Waals surface area contributed by atoms with Gasteiger partial charge in [0.05, 0.1) is 4.92 Å². The molecule has 26 heavy (non-hydrogen) atoms. The number of anilines is 3. The van der Waals surface area contributed by atoms with E-state index in [0.29, 0.717) is 30.8 Å². The number of amides is 3. The van der Waals surface area contributed by atoms with Crippen molar-refractivity contribution < 1.29 is 14.5 Å². The molecule has 0 unspecified atom stereocenters. The Morgan fingerprint density at radius 2 is 1.46 bits per heavy atom. The Labute approximate surface area is 149 Å². The van der Waals surface area contributed by atoms with Crippen LogP contribution in [0.25, 0.3) is 0 Å². The van der Waals surface area contributed by atoms with E-state index in [9.17, 15) is 19.7 Å². The maximum atomic E-state index is 11.9. The van der Waals surface area contributed by atoms with Crippen molar-refractivity contribution in [3.8, 4) is 0 Å². The summed E-state index contributed by atoms with van der Waals surface area (Å²) in [6, 6.07) is 12.0. The average molecular weight is 357 g/mol. The van der Waals surface area contributed by atoms with Crippen LogP contribution in [0.3, 0.4) is 0 Å². The minimum absolute atomic E-state index is 0.0342. The van der Waals surface area contributed by atoms with Crippen molar-refractivity contribution in [2.75, 3.05) is 22.5 Å². The number of hydrogen-bond acceptors (Lipinski definition) is 5. The molecule has 136 valence electrons. The van der Waals surface area contributed by atoms with Crippen LogP contribution in [0.2, 0.25) is 0 Å². The molecule has 0 spiro atoms. The summed E-state index contributed by atoms with van der Waals surface area (Å²) in [5, 5.41) is 18.9. The molecule has 2 rings (SSSR count). The fraction of sp³-hybridized carbons (Fsp3) is 0.176. The van der Waals surface area contributed by atoms with Gasteiger partial charge < -0.3 is 21.7 Å². The zero-order valence-electron chi connectivity index (χ0n) is 13.9. The lowest BCUT2D eigenvalue weighted by atomic mass is 10.2. The average Bonchev–Trinajstić information content (AvgIpc) is 2.60. The van der Waals surface area contributed by atoms with Crippen LogP contribution < -0.4 is 21.7 Å². The summed E-state index contributed by atoms with van der Waals surface area (Å²) in [5.74, 6) is -0.133. The van der Waals surface area contributed by atoms with Crippen molar-refractivity contribution in [3.63, 3.8) is 0 Å². The van der Waals surface area contributed by atoms with Gasteiger partial charge in [-0.05, 0) is 42.8 Å². The van der Waals surface area contributed by atoms with Gasteiger partial charge in [-0.2, -0.15) is 0 Å². The molecule has 0 bridgehead atoms. The molecule has 0 saturated heterocycles. The number of non-ortho nitro benzene ring substituents is 1. The summed E-state index contributed by atoms with van der Waals surface area (Å²) in [6.45, 7) is 0.562. The van der Waals surface area contributed by atoms with E-state index in [2.05, 4.69) is 16.0 Å². The normalized spacial score (nSPS) is 10.0. The van der Waals surface area contributed by atoms with Gasteiger partial charge in [-0.15, -0.1) is 0 Å². The van der Waals surface area contributed by atoms with E-state index in [1.807, 2.05) is 0 Å². The zero-order chi connectivity index (χ0) is 18.9. The summed E-state index contributed by atoms with van der Waals surface area (Å²) in [5.41, 5.74) is 6.97. The Hall–Kier alpha value is -3.62. The van der Waals surface area contributed by atoms with E-state index in [0.717, 1.165) is 5.69 Å². The van der Waals surface area contributed by atoms with Gasteiger partial charge in [0.1, 0.15) is 0 Å². The number of hydrogen-bond donors (Lipinski definition) is 4. The summed E-state index contributed by atoms with van der Waals surface area (Å²) in [6.07, 6.45) is 0.922. The predicted octanol–water partition coefficient (Wildman–Crippen LogP) is 2.92. The van der Waals surface area contributed by atoms with E-state index in [4.69, 9.17) is 5.73 Å². The number of benzene rings is 2. The Balaban J connectivity index is 1.70. The summed E-state index contributed by atoms with van der Waals surface area (Å²) < 4.78 is 0. The van der Waals surface area contributed by atoms with E-state index < -0.39 is 11.0 Å². The number of carbonyl (C=O) groups excluding carboxylic acids is 2. The number of nitrogens with two attached hydrogens (primary N) is 1. The fourth-order valence-corrected chi connectivity index (χ4v) is 2.19. The van der Waals surface area contributed by atoms with Gasteiger partial charge in [0.2, 0.25) is 5.91 Å². The second-order valence-corrected chi connectivity index (χ2v) is 5.45. The van der Waals surface area contributed by atoms with Crippen molar-refractivity contribution in [2.24, 2.45) is 5.73 Å². The van der Waals surface area contributed by atoms with E-state index in [1.54, 1.807) is 36.4 Å². The van der Waals surface area contributed by atoms with Crippen LogP contribution in [-0.4, -0.2) is 23.4 Å². The predicted molar refractivity (Wildman–Crippen MR) is 99.1 cm³/mol. The van der Waals surface area contributed by atoms with Crippen molar-refractivity contribution in [1.29, 1.82) is 0 Å². The maximum Gasteiger partial charge on any atom is 0.316 e. The molecule has 9 heteroatoms. The molecule has 5 N–H and O–H groups in total. The van der Waals surface area contributed by atoms with Gasteiger partial charge in [0.25, 0.3) is 5.69 Å². The third-order valence-corrected chi connectivity index (χ3v) is 3.42. The number of nitrogens with zero attached hydrogens (tertiary/aromatic N) is 1. The van der Waals surface area contributed by atoms with Crippen LogP contribution >= 0.6 is 0 Å². The maximum absolute atomic E-state index is 11.9. The van der Waals surface area contributed by atoms with Crippen LogP contribution in [0.1, 0.15) is 12.8 Å². The van der Waals surface area contributed by atoms with Gasteiger partial charge in [0.15, 0.2) is 0 Å². The Morgan fingerprint density at radius 3 is 2.00 bits per heavy atom. The number of primary amides is 1. The van der Waals surface area contributed by atoms with E-state index in [1.165, 1.54) is 12.1 Å². The van der Waals surface area contributed by atoms with Gasteiger partial charge in [-0.3, -0.25) is 14.9 Å². The fourth-order valence-electron chi connectivity index (χ4n) is 2.19. The van der Waals surface area contributed by atoms with Crippen LogP contribution in [0.4, 0.5) is 27.5 Å². The first-order valence-electron chi connectivity index (χ1n) is 7.89.